The van der Waals surface area contributed by atoms with Crippen LogP contribution in [0.2, 0.25) is 0 Å². The van der Waals surface area contributed by atoms with Crippen molar-refractivity contribution in [3.63, 3.8) is 0 Å². The van der Waals surface area contributed by atoms with Crippen molar-refractivity contribution in [3.8, 4) is 0 Å². The van der Waals surface area contributed by atoms with E-state index in [0.717, 1.165) is 0 Å². The quantitative estimate of drug-likeness (QED) is 0.514. The molecule has 5 N–H and O–H groups in total. The Kier molecular flexibility index (Phi) is 4.90. The number of rotatable bonds is 4. The number of urea groups is 1. The molecule has 18 heavy (non-hydrogen) atoms. The van der Waals surface area contributed by atoms with Gasteiger partial charge in [0.25, 0.3) is 0 Å². The lowest BCUT2D eigenvalue weighted by Gasteiger charge is -2.31. The molecule has 1 rings (SSSR count). The highest BCUT2D eigenvalue weighted by Gasteiger charge is 2.27. The average Bonchev–Trinajstić information content (AvgIpc) is 2.28. The molecular formula is C10H17N3O5. The summed E-state index contributed by atoms with van der Waals surface area (Å²) in [5.41, 5.74) is 5.68. The van der Waals surface area contributed by atoms with E-state index in [1.165, 1.54) is 4.90 Å². The van der Waals surface area contributed by atoms with Crippen LogP contribution in [-0.4, -0.2) is 58.3 Å². The van der Waals surface area contributed by atoms with E-state index >= 15 is 0 Å². The van der Waals surface area contributed by atoms with Crippen molar-refractivity contribution in [3.05, 3.63) is 0 Å². The number of carbonyl (C=O) groups is 3. The second-order valence-electron chi connectivity index (χ2n) is 4.26. The van der Waals surface area contributed by atoms with Gasteiger partial charge in [-0.15, -0.1) is 0 Å². The molecule has 1 saturated heterocycles. The van der Waals surface area contributed by atoms with Crippen LogP contribution in [0.15, 0.2) is 0 Å². The monoisotopic (exact) mass is 259 g/mol. The molecule has 0 aromatic rings. The third-order valence-electron chi connectivity index (χ3n) is 2.80. The number of carboxylic acid groups (broad SMARTS) is 2. The number of carboxylic acids is 2. The van der Waals surface area contributed by atoms with Gasteiger partial charge in [0.1, 0.15) is 6.04 Å². The number of nitrogens with one attached hydrogen (secondary N) is 1. The molecular weight excluding hydrogens is 242 g/mol. The third kappa shape index (κ3) is 4.21. The average molecular weight is 259 g/mol. The predicted molar refractivity (Wildman–Crippen MR) is 61.0 cm³/mol. The van der Waals surface area contributed by atoms with Gasteiger partial charge in [0.15, 0.2) is 0 Å². The van der Waals surface area contributed by atoms with Gasteiger partial charge >= 0.3 is 18.0 Å². The number of nitrogens with zero attached hydrogens (tertiary/aromatic N) is 1. The van der Waals surface area contributed by atoms with E-state index in [4.69, 9.17) is 15.9 Å². The molecule has 1 fully saturated rings. The van der Waals surface area contributed by atoms with Crippen molar-refractivity contribution in [1.82, 2.24) is 10.2 Å². The molecule has 0 aromatic heterocycles. The van der Waals surface area contributed by atoms with Gasteiger partial charge in [-0.25, -0.2) is 9.59 Å². The van der Waals surface area contributed by atoms with Crippen molar-refractivity contribution in [2.24, 2.45) is 5.73 Å². The second-order valence-corrected chi connectivity index (χ2v) is 4.26. The zero-order valence-electron chi connectivity index (χ0n) is 9.83. The van der Waals surface area contributed by atoms with Gasteiger partial charge in [0, 0.05) is 19.1 Å². The van der Waals surface area contributed by atoms with Gasteiger partial charge in [0.2, 0.25) is 0 Å². The van der Waals surface area contributed by atoms with Crippen LogP contribution in [0.1, 0.15) is 19.3 Å². The fourth-order valence-corrected chi connectivity index (χ4v) is 1.72. The van der Waals surface area contributed by atoms with Crippen molar-refractivity contribution < 1.29 is 24.6 Å². The summed E-state index contributed by atoms with van der Waals surface area (Å²) in [5, 5.41) is 19.5. The Morgan fingerprint density at radius 3 is 2.28 bits per heavy atom. The molecule has 0 saturated carbocycles. The molecule has 102 valence electrons. The molecule has 0 bridgehead atoms. The fourth-order valence-electron chi connectivity index (χ4n) is 1.72. The minimum Gasteiger partial charge on any atom is -0.481 e. The van der Waals surface area contributed by atoms with Crippen LogP contribution < -0.4 is 11.1 Å². The maximum atomic E-state index is 11.7. The number of amides is 2. The summed E-state index contributed by atoms with van der Waals surface area (Å²) in [4.78, 5) is 34.4. The molecule has 0 spiro atoms. The molecule has 0 aromatic carbocycles. The second kappa shape index (κ2) is 6.20. The van der Waals surface area contributed by atoms with Crippen LogP contribution in [0.4, 0.5) is 4.79 Å². The summed E-state index contributed by atoms with van der Waals surface area (Å²) in [6.45, 7) is 0.902. The number of piperidine rings is 1. The first-order valence-corrected chi connectivity index (χ1v) is 5.65. The number of carbonyl (C=O) groups excluding carboxylic acids is 1. The van der Waals surface area contributed by atoms with Crippen LogP contribution >= 0.6 is 0 Å². The van der Waals surface area contributed by atoms with E-state index in [9.17, 15) is 14.4 Å². The number of aliphatic carboxylic acids is 2. The van der Waals surface area contributed by atoms with Gasteiger partial charge in [-0.3, -0.25) is 4.79 Å². The largest absolute Gasteiger partial charge is 0.481 e. The van der Waals surface area contributed by atoms with Crippen molar-refractivity contribution in [1.29, 1.82) is 0 Å². The predicted octanol–water partition coefficient (Wildman–Crippen LogP) is -0.953. The summed E-state index contributed by atoms with van der Waals surface area (Å²) >= 11 is 0. The number of nitrogens with two attached hydrogens (primary N) is 1. The van der Waals surface area contributed by atoms with Crippen molar-refractivity contribution in [2.45, 2.75) is 31.3 Å². The molecule has 1 aliphatic heterocycles. The maximum absolute atomic E-state index is 11.7. The van der Waals surface area contributed by atoms with Gasteiger partial charge in [0.05, 0.1) is 6.42 Å². The number of likely N-dealkylation sites (tertiary alicyclic amines) is 1. The van der Waals surface area contributed by atoms with Gasteiger partial charge < -0.3 is 26.2 Å². The topological polar surface area (TPSA) is 133 Å². The third-order valence-corrected chi connectivity index (χ3v) is 2.80. The van der Waals surface area contributed by atoms with E-state index in [0.29, 0.717) is 25.9 Å². The lowest BCUT2D eigenvalue weighted by atomic mass is 10.1. The fraction of sp³-hybridized carbons (Fsp3) is 0.700. The standard InChI is InChI=1S/C10H17N3O5/c11-6-1-3-13(4-2-6)10(18)12-7(9(16)17)5-8(14)15/h6-7H,1-5,11H2,(H,12,18)(H,14,15)(H,16,17)/t7-/m0/s1. The first-order valence-electron chi connectivity index (χ1n) is 5.65. The Morgan fingerprint density at radius 2 is 1.83 bits per heavy atom. The molecule has 8 nitrogen and oxygen atoms in total. The Hall–Kier alpha value is -1.83. The SMILES string of the molecule is NC1CCN(C(=O)N[C@@H](CC(=O)O)C(=O)O)CC1. The molecule has 0 unspecified atom stereocenters. The summed E-state index contributed by atoms with van der Waals surface area (Å²) in [5.74, 6) is -2.64. The van der Waals surface area contributed by atoms with E-state index in [2.05, 4.69) is 5.32 Å². The van der Waals surface area contributed by atoms with Gasteiger partial charge in [-0.2, -0.15) is 0 Å². The lowest BCUT2D eigenvalue weighted by Crippen LogP contribution is -2.52. The molecule has 2 amide bonds. The highest BCUT2D eigenvalue weighted by molar-refractivity contribution is 5.86. The minimum absolute atomic E-state index is 0.0586. The summed E-state index contributed by atoms with van der Waals surface area (Å²) in [6, 6.07) is -1.91. The molecule has 8 heteroatoms. The van der Waals surface area contributed by atoms with Crippen molar-refractivity contribution >= 4 is 18.0 Å². The van der Waals surface area contributed by atoms with E-state index in [1.807, 2.05) is 0 Å². The van der Waals surface area contributed by atoms with Gasteiger partial charge in [-0.05, 0) is 12.8 Å². The maximum Gasteiger partial charge on any atom is 0.326 e. The highest BCUT2D eigenvalue weighted by Crippen LogP contribution is 2.08. The smallest absolute Gasteiger partial charge is 0.326 e. The van der Waals surface area contributed by atoms with Gasteiger partial charge in [-0.1, -0.05) is 0 Å². The Labute approximate surface area is 104 Å². The normalized spacial score (nSPS) is 18.2. The summed E-state index contributed by atoms with van der Waals surface area (Å²) < 4.78 is 0. The Balaban J connectivity index is 2.50. The van der Waals surface area contributed by atoms with E-state index in [-0.39, 0.29) is 6.04 Å². The summed E-state index contributed by atoms with van der Waals surface area (Å²) in [6.07, 6.45) is 0.669. The minimum atomic E-state index is -1.41. The molecule has 1 aliphatic rings. The van der Waals surface area contributed by atoms with E-state index < -0.39 is 30.4 Å². The first kappa shape index (κ1) is 14.2. The van der Waals surface area contributed by atoms with Crippen LogP contribution in [-0.2, 0) is 9.59 Å². The molecule has 1 heterocycles. The molecule has 0 radical (unpaired) electrons. The molecule has 0 aliphatic carbocycles. The van der Waals surface area contributed by atoms with Crippen LogP contribution in [0, 0.1) is 0 Å². The zero-order chi connectivity index (χ0) is 13.7. The first-order chi connectivity index (χ1) is 8.40. The van der Waals surface area contributed by atoms with E-state index in [1.54, 1.807) is 0 Å². The lowest BCUT2D eigenvalue weighted by molar-refractivity contribution is -0.145. The van der Waals surface area contributed by atoms with Crippen LogP contribution in [0.25, 0.3) is 0 Å². The zero-order valence-corrected chi connectivity index (χ0v) is 9.83. The van der Waals surface area contributed by atoms with Crippen molar-refractivity contribution in [2.75, 3.05) is 13.1 Å². The Morgan fingerprint density at radius 1 is 1.28 bits per heavy atom. The number of hydrogen-bond acceptors (Lipinski definition) is 4. The highest BCUT2D eigenvalue weighted by atomic mass is 16.4. The number of hydrogen-bond donors (Lipinski definition) is 4. The van der Waals surface area contributed by atoms with Crippen LogP contribution in [0.3, 0.4) is 0 Å². The summed E-state index contributed by atoms with van der Waals surface area (Å²) in [7, 11) is 0. The van der Waals surface area contributed by atoms with Crippen LogP contribution in [0.5, 0.6) is 0 Å². The molecule has 1 atom stereocenters. The Bertz CT molecular complexity index is 338.